The quantitative estimate of drug-likeness (QED) is 0.764. The lowest BCUT2D eigenvalue weighted by atomic mass is 10.0. The van der Waals surface area contributed by atoms with Crippen LogP contribution in [0.2, 0.25) is 0 Å². The second-order valence-electron chi connectivity index (χ2n) is 3.67. The summed E-state index contributed by atoms with van der Waals surface area (Å²) in [7, 11) is 1.69. The zero-order valence-electron chi connectivity index (χ0n) is 10.2. The summed E-state index contributed by atoms with van der Waals surface area (Å²) in [6, 6.07) is 0.689. The van der Waals surface area contributed by atoms with Gasteiger partial charge in [0, 0.05) is 0 Å². The summed E-state index contributed by atoms with van der Waals surface area (Å²) in [6.45, 7) is 1.04. The molecular weight excluding hydrogens is 278 g/mol. The van der Waals surface area contributed by atoms with Gasteiger partial charge in [-0.3, -0.25) is 0 Å². The fourth-order valence-corrected chi connectivity index (χ4v) is 1.74. The van der Waals surface area contributed by atoms with Crippen molar-refractivity contribution in [1.82, 2.24) is 0 Å². The molecule has 0 unspecified atom stereocenters. The summed E-state index contributed by atoms with van der Waals surface area (Å²) in [5.74, 6) is -1.99. The van der Waals surface area contributed by atoms with Crippen molar-refractivity contribution < 1.29 is 35.8 Å². The van der Waals surface area contributed by atoms with E-state index in [1.165, 1.54) is 0 Å². The third-order valence-electron chi connectivity index (χ3n) is 2.43. The predicted molar refractivity (Wildman–Crippen MR) is 54.3 cm³/mol. The van der Waals surface area contributed by atoms with Crippen LogP contribution in [0.4, 0.5) is 26.3 Å². The molecule has 0 amide bonds. The van der Waals surface area contributed by atoms with Gasteiger partial charge in [-0.1, -0.05) is 0 Å². The molecule has 0 saturated carbocycles. The molecule has 0 heterocycles. The number of alkyl halides is 6. The number of methoxy groups -OCH3 is 2. The van der Waals surface area contributed by atoms with E-state index in [-0.39, 0.29) is 0 Å². The number of hydrogen-bond donors (Lipinski definition) is 0. The number of hydrogen-bond acceptors (Lipinski definition) is 2. The van der Waals surface area contributed by atoms with Gasteiger partial charge in [-0.25, -0.2) is 0 Å². The molecule has 0 atom stereocenters. The zero-order valence-corrected chi connectivity index (χ0v) is 10.2. The van der Waals surface area contributed by atoms with Gasteiger partial charge in [0.2, 0.25) is 0 Å². The maximum atomic E-state index is 12.9. The van der Waals surface area contributed by atoms with Crippen molar-refractivity contribution in [2.45, 2.75) is 19.3 Å². The fourth-order valence-electron chi connectivity index (χ4n) is 1.74. The summed E-state index contributed by atoms with van der Waals surface area (Å²) in [6.07, 6.45) is -9.98. The van der Waals surface area contributed by atoms with Gasteiger partial charge in [-0.2, -0.15) is 26.3 Å². The van der Waals surface area contributed by atoms with Crippen molar-refractivity contribution in [3.05, 3.63) is 22.8 Å². The van der Waals surface area contributed by atoms with Crippen LogP contribution in [0.3, 0.4) is 0 Å². The molecule has 0 spiro atoms. The molecule has 108 valence electrons. The Morgan fingerprint density at radius 2 is 1.32 bits per heavy atom. The summed E-state index contributed by atoms with van der Waals surface area (Å²) in [4.78, 5) is 0. The van der Waals surface area contributed by atoms with Crippen LogP contribution in [-0.2, 0) is 12.4 Å². The molecule has 0 fully saturated rings. The molecule has 19 heavy (non-hydrogen) atoms. The maximum Gasteiger partial charge on any atom is 0.423 e. The Kier molecular flexibility index (Phi) is 3.92. The fraction of sp³-hybridized carbons (Fsp3) is 0.455. The molecule has 0 aromatic heterocycles. The van der Waals surface area contributed by atoms with Gasteiger partial charge < -0.3 is 9.47 Å². The molecule has 0 N–H and O–H groups in total. The molecule has 1 aromatic carbocycles. The Hall–Kier alpha value is -1.60. The first-order chi connectivity index (χ1) is 8.54. The Morgan fingerprint density at radius 1 is 0.842 bits per heavy atom. The highest BCUT2D eigenvalue weighted by Gasteiger charge is 2.45. The van der Waals surface area contributed by atoms with E-state index in [9.17, 15) is 26.3 Å². The van der Waals surface area contributed by atoms with E-state index in [1.54, 1.807) is 0 Å². The van der Waals surface area contributed by atoms with Gasteiger partial charge in [0.1, 0.15) is 22.6 Å². The molecule has 0 radical (unpaired) electrons. The minimum atomic E-state index is -5.02. The second kappa shape index (κ2) is 4.82. The average molecular weight is 288 g/mol. The number of halogens is 6. The Labute approximate surface area is 104 Å². The monoisotopic (exact) mass is 288 g/mol. The van der Waals surface area contributed by atoms with Gasteiger partial charge in [-0.15, -0.1) is 0 Å². The van der Waals surface area contributed by atoms with E-state index in [0.29, 0.717) is 6.07 Å². The van der Waals surface area contributed by atoms with E-state index in [2.05, 4.69) is 9.47 Å². The largest absolute Gasteiger partial charge is 0.496 e. The van der Waals surface area contributed by atoms with Crippen molar-refractivity contribution in [3.8, 4) is 11.5 Å². The van der Waals surface area contributed by atoms with Crippen LogP contribution in [0.25, 0.3) is 0 Å². The molecule has 0 aliphatic heterocycles. The molecule has 1 rings (SSSR count). The highest BCUT2D eigenvalue weighted by molar-refractivity contribution is 5.56. The number of benzene rings is 1. The third kappa shape index (κ3) is 2.87. The van der Waals surface area contributed by atoms with Gasteiger partial charge >= 0.3 is 12.4 Å². The van der Waals surface area contributed by atoms with E-state index < -0.39 is 40.5 Å². The van der Waals surface area contributed by atoms with Crippen molar-refractivity contribution >= 4 is 0 Å². The number of rotatable bonds is 2. The summed E-state index contributed by atoms with van der Waals surface area (Å²) >= 11 is 0. The molecule has 8 heteroatoms. The van der Waals surface area contributed by atoms with Gasteiger partial charge in [0.25, 0.3) is 0 Å². The van der Waals surface area contributed by atoms with Crippen LogP contribution in [-0.4, -0.2) is 14.2 Å². The normalized spacial score (nSPS) is 12.5. The third-order valence-corrected chi connectivity index (χ3v) is 2.43. The molecular formula is C11H10F6O2. The first kappa shape index (κ1) is 15.5. The van der Waals surface area contributed by atoms with Crippen molar-refractivity contribution in [2.75, 3.05) is 14.2 Å². The first-order valence-corrected chi connectivity index (χ1v) is 4.94. The minimum Gasteiger partial charge on any atom is -0.496 e. The molecule has 0 bridgehead atoms. The lowest BCUT2D eigenvalue weighted by Crippen LogP contribution is -2.17. The average Bonchev–Trinajstić information content (AvgIpc) is 2.23. The standard InChI is InChI=1S/C11H10F6O2/c1-5-4-6(18-2)8(11(15,16)17)9(19-3)7(5)10(12,13)14/h4H,1-3H3. The van der Waals surface area contributed by atoms with Crippen LogP contribution in [0, 0.1) is 6.92 Å². The number of ether oxygens (including phenoxy) is 2. The Morgan fingerprint density at radius 3 is 1.63 bits per heavy atom. The van der Waals surface area contributed by atoms with E-state index in [0.717, 1.165) is 21.1 Å². The SMILES string of the molecule is COc1cc(C)c(C(F)(F)F)c(OC)c1C(F)(F)F. The lowest BCUT2D eigenvalue weighted by Gasteiger charge is -2.21. The van der Waals surface area contributed by atoms with Crippen LogP contribution < -0.4 is 9.47 Å². The van der Waals surface area contributed by atoms with Crippen LogP contribution >= 0.6 is 0 Å². The molecule has 2 nitrogen and oxygen atoms in total. The van der Waals surface area contributed by atoms with Gasteiger partial charge in [-0.05, 0) is 18.6 Å². The lowest BCUT2D eigenvalue weighted by molar-refractivity contribution is -0.146. The highest BCUT2D eigenvalue weighted by atomic mass is 19.4. The van der Waals surface area contributed by atoms with Gasteiger partial charge in [0.15, 0.2) is 0 Å². The Balaban J connectivity index is 3.79. The maximum absolute atomic E-state index is 12.9. The molecule has 0 aliphatic carbocycles. The van der Waals surface area contributed by atoms with E-state index >= 15 is 0 Å². The van der Waals surface area contributed by atoms with Crippen molar-refractivity contribution in [2.24, 2.45) is 0 Å². The van der Waals surface area contributed by atoms with E-state index in [1.807, 2.05) is 0 Å². The van der Waals surface area contributed by atoms with Crippen LogP contribution in [0.15, 0.2) is 6.07 Å². The Bertz CT molecular complexity index is 476. The minimum absolute atomic E-state index is 0.408. The summed E-state index contributed by atoms with van der Waals surface area (Å²) in [5, 5.41) is 0. The highest BCUT2D eigenvalue weighted by Crippen LogP contribution is 2.49. The molecule has 0 saturated heterocycles. The van der Waals surface area contributed by atoms with Crippen molar-refractivity contribution in [3.63, 3.8) is 0 Å². The second-order valence-corrected chi connectivity index (χ2v) is 3.67. The van der Waals surface area contributed by atoms with Gasteiger partial charge in [0.05, 0.1) is 14.2 Å². The first-order valence-electron chi connectivity index (χ1n) is 4.94. The predicted octanol–water partition coefficient (Wildman–Crippen LogP) is 4.05. The summed E-state index contributed by atoms with van der Waals surface area (Å²) < 4.78 is 85.8. The topological polar surface area (TPSA) is 18.5 Å². The smallest absolute Gasteiger partial charge is 0.423 e. The van der Waals surface area contributed by atoms with Crippen molar-refractivity contribution in [1.29, 1.82) is 0 Å². The van der Waals surface area contributed by atoms with Crippen LogP contribution in [0.1, 0.15) is 16.7 Å². The zero-order chi connectivity index (χ0) is 15.0. The summed E-state index contributed by atoms with van der Waals surface area (Å²) in [5.41, 5.74) is -3.44. The number of aryl methyl sites for hydroxylation is 1. The molecule has 1 aromatic rings. The van der Waals surface area contributed by atoms with E-state index in [4.69, 9.17) is 0 Å². The van der Waals surface area contributed by atoms with Crippen LogP contribution in [0.5, 0.6) is 11.5 Å². The molecule has 0 aliphatic rings.